The number of carboxylic acid groups (broad SMARTS) is 1. The number of nitrogens with zero attached hydrogens (tertiary/aromatic N) is 1. The molecule has 0 aromatic carbocycles. The summed E-state index contributed by atoms with van der Waals surface area (Å²) in [6, 6.07) is 0. The molecule has 5 heteroatoms. The van der Waals surface area contributed by atoms with E-state index in [-0.39, 0.29) is 36.5 Å². The average molecular weight is 447 g/mol. The van der Waals surface area contributed by atoms with Gasteiger partial charge in [0, 0.05) is 5.97 Å². The van der Waals surface area contributed by atoms with E-state index in [2.05, 4.69) is 27.7 Å². The molecule has 137 valence electrons. The standard InChI is InChI=1S/C16H36N.C2H4O2.BrH.Zn/c1-5-9-13-17(14-10-6-2,15-11-7-3)16-12-8-4;1-2(3)4;;/h5-16H2,1-4H3;1H3,(H,3,4);1H;/q+1;;;+1/p-2. The average Bonchev–Trinajstić information content (AvgIpc) is 2.45. The molecule has 0 aliphatic carbocycles. The van der Waals surface area contributed by atoms with Crippen LogP contribution >= 0.6 is 0 Å². The Kier molecular flexibility index (Phi) is 30.7. The summed E-state index contributed by atoms with van der Waals surface area (Å²) < 4.78 is 1.42. The van der Waals surface area contributed by atoms with Crippen LogP contribution < -0.4 is 22.1 Å². The Balaban J connectivity index is -0.000000268. The Hall–Kier alpha value is 0.533. The predicted molar refractivity (Wildman–Crippen MR) is 90.0 cm³/mol. The number of hydrogen-bond acceptors (Lipinski definition) is 2. The Morgan fingerprint density at radius 2 is 0.913 bits per heavy atom. The van der Waals surface area contributed by atoms with E-state index < -0.39 is 5.97 Å². The number of aliphatic carboxylic acids is 1. The van der Waals surface area contributed by atoms with Crippen molar-refractivity contribution in [2.24, 2.45) is 0 Å². The van der Waals surface area contributed by atoms with Crippen molar-refractivity contribution < 1.29 is 50.8 Å². The summed E-state index contributed by atoms with van der Waals surface area (Å²) in [5.41, 5.74) is 0. The van der Waals surface area contributed by atoms with Crippen LogP contribution in [0.2, 0.25) is 0 Å². The van der Waals surface area contributed by atoms with Crippen molar-refractivity contribution in [1.82, 2.24) is 0 Å². The van der Waals surface area contributed by atoms with Gasteiger partial charge in [0.1, 0.15) is 0 Å². The third-order valence-corrected chi connectivity index (χ3v) is 3.94. The molecule has 0 aliphatic rings. The van der Waals surface area contributed by atoms with Crippen LogP contribution in [0.15, 0.2) is 0 Å². The molecule has 0 amide bonds. The van der Waals surface area contributed by atoms with Crippen molar-refractivity contribution in [1.29, 1.82) is 0 Å². The van der Waals surface area contributed by atoms with Gasteiger partial charge in [-0.05, 0) is 32.6 Å². The Morgan fingerprint density at radius 3 is 1.04 bits per heavy atom. The molecule has 0 unspecified atom stereocenters. The fraction of sp³-hybridized carbons (Fsp3) is 0.944. The molecule has 0 rings (SSSR count). The van der Waals surface area contributed by atoms with Gasteiger partial charge in [-0.15, -0.1) is 0 Å². The molecule has 1 radical (unpaired) electrons. The van der Waals surface area contributed by atoms with Gasteiger partial charge in [0.2, 0.25) is 0 Å². The van der Waals surface area contributed by atoms with Crippen molar-refractivity contribution >= 4 is 5.97 Å². The summed E-state index contributed by atoms with van der Waals surface area (Å²) in [4.78, 5) is 8.89. The zero-order chi connectivity index (χ0) is 16.6. The summed E-state index contributed by atoms with van der Waals surface area (Å²) in [7, 11) is 0. The number of hydrogen-bond donors (Lipinski definition) is 0. The molecular formula is C18H39BrNO2Zn. The number of rotatable bonds is 12. The van der Waals surface area contributed by atoms with Gasteiger partial charge in [-0.2, -0.15) is 0 Å². The van der Waals surface area contributed by atoms with E-state index in [0.29, 0.717) is 0 Å². The minimum atomic E-state index is -1.08. The minimum Gasteiger partial charge on any atom is -1.00 e. The van der Waals surface area contributed by atoms with Gasteiger partial charge in [-0.25, -0.2) is 0 Å². The van der Waals surface area contributed by atoms with Crippen LogP contribution in [-0.2, 0) is 24.3 Å². The maximum absolute atomic E-state index is 8.89. The van der Waals surface area contributed by atoms with E-state index >= 15 is 0 Å². The van der Waals surface area contributed by atoms with Crippen LogP contribution in [0, 0.1) is 0 Å². The molecular weight excluding hydrogens is 407 g/mol. The van der Waals surface area contributed by atoms with E-state index in [1.807, 2.05) is 0 Å². The normalized spacial score (nSPS) is 9.96. The Morgan fingerprint density at radius 1 is 0.739 bits per heavy atom. The molecule has 23 heavy (non-hydrogen) atoms. The van der Waals surface area contributed by atoms with Crippen molar-refractivity contribution in [2.75, 3.05) is 26.2 Å². The van der Waals surface area contributed by atoms with Gasteiger partial charge < -0.3 is 31.4 Å². The van der Waals surface area contributed by atoms with Crippen LogP contribution in [0.3, 0.4) is 0 Å². The number of carboxylic acids is 1. The first-order chi connectivity index (χ1) is 9.97. The van der Waals surface area contributed by atoms with Crippen LogP contribution in [-0.4, -0.2) is 36.6 Å². The number of quaternary nitrogens is 1. The molecule has 0 saturated carbocycles. The molecule has 3 nitrogen and oxygen atoms in total. The smallest absolute Gasteiger partial charge is 1.00 e. The van der Waals surface area contributed by atoms with Crippen molar-refractivity contribution in [3.8, 4) is 0 Å². The first-order valence-corrected chi connectivity index (χ1v) is 9.00. The van der Waals surface area contributed by atoms with Gasteiger partial charge >= 0.3 is 19.5 Å². The third-order valence-electron chi connectivity index (χ3n) is 3.94. The molecule has 0 N–H and O–H groups in total. The predicted octanol–water partition coefficient (Wildman–Crippen LogP) is 0.761. The Labute approximate surface area is 168 Å². The van der Waals surface area contributed by atoms with E-state index in [1.165, 1.54) is 82.0 Å². The maximum atomic E-state index is 8.89. The van der Waals surface area contributed by atoms with Crippen molar-refractivity contribution in [3.63, 3.8) is 0 Å². The summed E-state index contributed by atoms with van der Waals surface area (Å²) in [6.07, 6.45) is 11.1. The van der Waals surface area contributed by atoms with E-state index in [0.717, 1.165) is 6.92 Å². The first kappa shape index (κ1) is 31.3. The summed E-state index contributed by atoms with van der Waals surface area (Å²) in [5.74, 6) is -1.08. The fourth-order valence-electron chi connectivity index (χ4n) is 2.64. The second-order valence-corrected chi connectivity index (χ2v) is 6.14. The molecule has 0 fully saturated rings. The second kappa shape index (κ2) is 22.5. The number of carbonyl (C=O) groups excluding carboxylic acids is 1. The topological polar surface area (TPSA) is 40.1 Å². The molecule has 0 bridgehead atoms. The van der Waals surface area contributed by atoms with E-state index in [1.54, 1.807) is 0 Å². The van der Waals surface area contributed by atoms with E-state index in [4.69, 9.17) is 9.90 Å². The van der Waals surface area contributed by atoms with Gasteiger partial charge in [-0.3, -0.25) is 0 Å². The molecule has 0 heterocycles. The second-order valence-electron chi connectivity index (χ2n) is 6.14. The molecule has 0 saturated heterocycles. The quantitative estimate of drug-likeness (QED) is 0.328. The van der Waals surface area contributed by atoms with Gasteiger partial charge in [0.25, 0.3) is 0 Å². The molecule has 0 aliphatic heterocycles. The maximum Gasteiger partial charge on any atom is 1.00 e. The van der Waals surface area contributed by atoms with Crippen LogP contribution in [0.5, 0.6) is 0 Å². The molecule has 0 atom stereocenters. The Bertz CT molecular complexity index is 200. The summed E-state index contributed by atoms with van der Waals surface area (Å²) in [5, 5.41) is 8.89. The largest absolute Gasteiger partial charge is 1.00 e. The van der Waals surface area contributed by atoms with Crippen molar-refractivity contribution in [3.05, 3.63) is 0 Å². The van der Waals surface area contributed by atoms with Gasteiger partial charge in [0.05, 0.1) is 26.2 Å². The van der Waals surface area contributed by atoms with Gasteiger partial charge in [0.15, 0.2) is 0 Å². The fourth-order valence-corrected chi connectivity index (χ4v) is 2.64. The third kappa shape index (κ3) is 22.5. The zero-order valence-electron chi connectivity index (χ0n) is 16.3. The summed E-state index contributed by atoms with van der Waals surface area (Å²) >= 11 is 0. The molecule has 0 aromatic heterocycles. The van der Waals surface area contributed by atoms with E-state index in [9.17, 15) is 0 Å². The summed E-state index contributed by atoms with van der Waals surface area (Å²) in [6.45, 7) is 16.0. The van der Waals surface area contributed by atoms with Crippen molar-refractivity contribution in [2.45, 2.75) is 86.0 Å². The zero-order valence-corrected chi connectivity index (χ0v) is 20.9. The first-order valence-electron chi connectivity index (χ1n) is 9.00. The number of carbonyl (C=O) groups is 1. The molecule has 0 spiro atoms. The van der Waals surface area contributed by atoms with Crippen LogP contribution in [0.1, 0.15) is 86.0 Å². The number of unbranched alkanes of at least 4 members (excludes halogenated alkanes) is 4. The SMILES string of the molecule is CC(=O)[O-].CCCC[N+](CCCC)(CCCC)CCCC.[Br-].[Zn+]. The monoisotopic (exact) mass is 444 g/mol. The van der Waals surface area contributed by atoms with Gasteiger partial charge in [-0.1, -0.05) is 53.4 Å². The molecule has 0 aromatic rings. The minimum absolute atomic E-state index is 0. The van der Waals surface area contributed by atoms with Crippen LogP contribution in [0.4, 0.5) is 0 Å². The number of halogens is 1. The van der Waals surface area contributed by atoms with Crippen LogP contribution in [0.25, 0.3) is 0 Å².